The highest BCUT2D eigenvalue weighted by atomic mass is 16.5. The van der Waals surface area contributed by atoms with Crippen LogP contribution in [0.5, 0.6) is 5.75 Å². The fourth-order valence-corrected chi connectivity index (χ4v) is 5.75. The van der Waals surface area contributed by atoms with Crippen LogP contribution in [-0.2, 0) is 38.6 Å². The van der Waals surface area contributed by atoms with E-state index in [-0.39, 0.29) is 43.8 Å². The summed E-state index contributed by atoms with van der Waals surface area (Å²) in [6.07, 6.45) is 4.81. The van der Waals surface area contributed by atoms with E-state index in [2.05, 4.69) is 23.8 Å². The number of hydrogen-bond acceptors (Lipinski definition) is 6. The predicted molar refractivity (Wildman–Crippen MR) is 200 cm³/mol. The molecule has 0 aliphatic rings. The van der Waals surface area contributed by atoms with Crippen LogP contribution in [0.25, 0.3) is 0 Å². The van der Waals surface area contributed by atoms with E-state index in [4.69, 9.17) is 9.47 Å². The first-order valence-electron chi connectivity index (χ1n) is 17.3. The van der Waals surface area contributed by atoms with Crippen molar-refractivity contribution < 1.29 is 29.0 Å². The normalized spacial score (nSPS) is 13.1. The van der Waals surface area contributed by atoms with Crippen LogP contribution < -0.4 is 15.4 Å². The minimum Gasteiger partial charge on any atom is -0.489 e. The Labute approximate surface area is 301 Å². The first kappa shape index (κ1) is 38.3. The number of rotatable bonds is 21. The molecule has 266 valence electrons. The molecule has 0 saturated heterocycles. The molecule has 4 atom stereocenters. The number of benzene rings is 4. The van der Waals surface area contributed by atoms with Crippen molar-refractivity contribution in [3.05, 3.63) is 163 Å². The topological polar surface area (TPSA) is 114 Å². The number of aliphatic hydroxyl groups is 1. The van der Waals surface area contributed by atoms with Crippen LogP contribution in [-0.4, -0.2) is 42.1 Å². The van der Waals surface area contributed by atoms with Gasteiger partial charge >= 0.3 is 5.97 Å². The number of carbonyl (C=O) groups excluding carboxylic acids is 3. The molecule has 0 unspecified atom stereocenters. The first-order valence-corrected chi connectivity index (χ1v) is 17.3. The summed E-state index contributed by atoms with van der Waals surface area (Å²) in [6.45, 7) is 7.70. The Morgan fingerprint density at radius 1 is 0.686 bits per heavy atom. The van der Waals surface area contributed by atoms with Crippen LogP contribution in [0.2, 0.25) is 0 Å². The molecule has 0 spiro atoms. The Bertz CT molecular complexity index is 1660. The van der Waals surface area contributed by atoms with Crippen molar-refractivity contribution in [2.24, 2.45) is 11.8 Å². The van der Waals surface area contributed by atoms with E-state index in [1.165, 1.54) is 0 Å². The zero-order chi connectivity index (χ0) is 36.3. The standard InChI is InChI=1S/C43H48N2O6/c1-3-14-36(28-41(47)44-38(29-46)27-33-22-24-39(25-23-33)50-30-34-18-10-6-11-19-34)42(48)45-40(35-20-12-7-13-21-35)31-51-43(49)37(15-4-2)26-32-16-8-5-9-17-32/h3-13,16-25,36-38,40,46H,1-2,14-15,26-31H2,(H,44,47)(H,45,48)/t36-,37+,38+,40+/m1/s1. The quantitative estimate of drug-likeness (QED) is 0.0663. The van der Waals surface area contributed by atoms with Gasteiger partial charge < -0.3 is 25.2 Å². The Kier molecular flexibility index (Phi) is 15.7. The Hall–Kier alpha value is -5.47. The number of esters is 1. The summed E-state index contributed by atoms with van der Waals surface area (Å²) in [7, 11) is 0. The maximum Gasteiger partial charge on any atom is 0.309 e. The number of aliphatic hydroxyl groups excluding tert-OH is 1. The summed E-state index contributed by atoms with van der Waals surface area (Å²) in [5, 5.41) is 16.0. The minimum absolute atomic E-state index is 0.0767. The molecule has 8 nitrogen and oxygen atoms in total. The fourth-order valence-electron chi connectivity index (χ4n) is 5.75. The van der Waals surface area contributed by atoms with E-state index in [1.807, 2.05) is 115 Å². The number of hydrogen-bond donors (Lipinski definition) is 3. The summed E-state index contributed by atoms with van der Waals surface area (Å²) < 4.78 is 11.7. The largest absolute Gasteiger partial charge is 0.489 e. The smallest absolute Gasteiger partial charge is 0.309 e. The van der Waals surface area contributed by atoms with Crippen LogP contribution in [0.1, 0.15) is 47.6 Å². The van der Waals surface area contributed by atoms with Gasteiger partial charge in [0.25, 0.3) is 0 Å². The van der Waals surface area contributed by atoms with E-state index in [1.54, 1.807) is 12.2 Å². The molecule has 0 aromatic heterocycles. The van der Waals surface area contributed by atoms with Crippen molar-refractivity contribution in [2.75, 3.05) is 13.2 Å². The molecule has 3 N–H and O–H groups in total. The summed E-state index contributed by atoms with van der Waals surface area (Å²) in [5.74, 6) is -1.53. The van der Waals surface area contributed by atoms with Crippen molar-refractivity contribution in [3.63, 3.8) is 0 Å². The number of nitrogens with one attached hydrogen (secondary N) is 2. The Morgan fingerprint density at radius 2 is 1.25 bits per heavy atom. The highest BCUT2D eigenvalue weighted by molar-refractivity contribution is 5.86. The van der Waals surface area contributed by atoms with Gasteiger partial charge in [-0.15, -0.1) is 13.2 Å². The summed E-state index contributed by atoms with van der Waals surface area (Å²) >= 11 is 0. The average molecular weight is 689 g/mol. The maximum atomic E-state index is 13.6. The molecule has 0 heterocycles. The van der Waals surface area contributed by atoms with E-state index in [0.717, 1.165) is 28.0 Å². The van der Waals surface area contributed by atoms with Gasteiger partial charge in [0.15, 0.2) is 0 Å². The maximum absolute atomic E-state index is 13.6. The van der Waals surface area contributed by atoms with Crippen LogP contribution >= 0.6 is 0 Å². The molecule has 0 radical (unpaired) electrons. The van der Waals surface area contributed by atoms with Gasteiger partial charge in [0.05, 0.1) is 30.5 Å². The molecule has 0 bridgehead atoms. The third kappa shape index (κ3) is 13.1. The van der Waals surface area contributed by atoms with E-state index in [0.29, 0.717) is 25.9 Å². The molecular formula is C43H48N2O6. The first-order chi connectivity index (χ1) is 24.9. The molecule has 4 aromatic rings. The van der Waals surface area contributed by atoms with Crippen molar-refractivity contribution in [1.29, 1.82) is 0 Å². The summed E-state index contributed by atoms with van der Waals surface area (Å²) in [4.78, 5) is 40.1. The van der Waals surface area contributed by atoms with Crippen molar-refractivity contribution in [3.8, 4) is 5.75 Å². The molecule has 4 rings (SSSR count). The molecule has 0 aliphatic carbocycles. The van der Waals surface area contributed by atoms with E-state index < -0.39 is 23.9 Å². The summed E-state index contributed by atoms with van der Waals surface area (Å²) in [6, 6.07) is 35.2. The number of amides is 2. The molecule has 8 heteroatoms. The lowest BCUT2D eigenvalue weighted by molar-refractivity contribution is -0.150. The van der Waals surface area contributed by atoms with Crippen molar-refractivity contribution in [2.45, 2.75) is 50.8 Å². The Morgan fingerprint density at radius 3 is 1.86 bits per heavy atom. The third-order valence-electron chi connectivity index (χ3n) is 8.51. The molecule has 2 amide bonds. The monoisotopic (exact) mass is 688 g/mol. The number of carbonyl (C=O) groups is 3. The lowest BCUT2D eigenvalue weighted by Crippen LogP contribution is -2.42. The molecular weight excluding hydrogens is 640 g/mol. The van der Waals surface area contributed by atoms with Crippen molar-refractivity contribution >= 4 is 17.8 Å². The molecule has 51 heavy (non-hydrogen) atoms. The molecule has 4 aromatic carbocycles. The number of ether oxygens (including phenoxy) is 2. The van der Waals surface area contributed by atoms with E-state index >= 15 is 0 Å². The van der Waals surface area contributed by atoms with Gasteiger partial charge in [-0.3, -0.25) is 14.4 Å². The van der Waals surface area contributed by atoms with Gasteiger partial charge in [0.2, 0.25) is 11.8 Å². The number of allylic oxidation sites excluding steroid dienone is 2. The second-order valence-corrected chi connectivity index (χ2v) is 12.5. The second-order valence-electron chi connectivity index (χ2n) is 12.5. The molecule has 0 fully saturated rings. The third-order valence-corrected chi connectivity index (χ3v) is 8.51. The lowest BCUT2D eigenvalue weighted by atomic mass is 9.96. The van der Waals surface area contributed by atoms with Gasteiger partial charge in [0, 0.05) is 6.42 Å². The molecule has 0 aliphatic heterocycles. The highest BCUT2D eigenvalue weighted by Gasteiger charge is 2.27. The van der Waals surface area contributed by atoms with Crippen LogP contribution in [0, 0.1) is 11.8 Å². The van der Waals surface area contributed by atoms with Crippen LogP contribution in [0.3, 0.4) is 0 Å². The average Bonchev–Trinajstić information content (AvgIpc) is 3.16. The van der Waals surface area contributed by atoms with Gasteiger partial charge in [-0.25, -0.2) is 0 Å². The van der Waals surface area contributed by atoms with Crippen LogP contribution in [0.4, 0.5) is 0 Å². The van der Waals surface area contributed by atoms with Crippen LogP contribution in [0.15, 0.2) is 141 Å². The highest BCUT2D eigenvalue weighted by Crippen LogP contribution is 2.21. The van der Waals surface area contributed by atoms with Crippen molar-refractivity contribution in [1.82, 2.24) is 10.6 Å². The predicted octanol–water partition coefficient (Wildman–Crippen LogP) is 6.70. The lowest BCUT2D eigenvalue weighted by Gasteiger charge is -2.24. The summed E-state index contributed by atoms with van der Waals surface area (Å²) in [5.41, 5.74) is 3.77. The fraction of sp³-hybridized carbons (Fsp3) is 0.279. The zero-order valence-electron chi connectivity index (χ0n) is 29.0. The Balaban J connectivity index is 1.33. The van der Waals surface area contributed by atoms with Gasteiger partial charge in [-0.05, 0) is 60.1 Å². The van der Waals surface area contributed by atoms with Gasteiger partial charge in [-0.1, -0.05) is 115 Å². The van der Waals surface area contributed by atoms with Gasteiger partial charge in [-0.2, -0.15) is 0 Å². The van der Waals surface area contributed by atoms with E-state index in [9.17, 15) is 19.5 Å². The minimum atomic E-state index is -0.726. The second kappa shape index (κ2) is 20.9. The zero-order valence-corrected chi connectivity index (χ0v) is 29.0. The van der Waals surface area contributed by atoms with Gasteiger partial charge in [0.1, 0.15) is 19.0 Å². The SMILES string of the molecule is C=CC[C@H](CC(=O)N[C@H](CO)Cc1ccc(OCc2ccccc2)cc1)C(=O)N[C@@H](COC(=O)[C@@H](CC=C)Cc1ccccc1)c1ccccc1. The molecule has 0 saturated carbocycles.